The molecule has 0 radical (unpaired) electrons. The molecule has 0 saturated carbocycles. The fourth-order valence-corrected chi connectivity index (χ4v) is 2.35. The van der Waals surface area contributed by atoms with Crippen LogP contribution in [0.1, 0.15) is 42.1 Å². The van der Waals surface area contributed by atoms with Crippen molar-refractivity contribution in [1.29, 1.82) is 0 Å². The van der Waals surface area contributed by atoms with Crippen LogP contribution >= 0.6 is 15.9 Å². The molecular weight excluding hydrogens is 316 g/mol. The molecule has 1 atom stereocenters. The molecule has 0 heterocycles. The summed E-state index contributed by atoms with van der Waals surface area (Å²) in [5, 5.41) is 0. The Kier molecular flexibility index (Phi) is 4.96. The van der Waals surface area contributed by atoms with Crippen molar-refractivity contribution in [3.8, 4) is 5.75 Å². The molecule has 0 amide bonds. The van der Waals surface area contributed by atoms with Gasteiger partial charge in [-0.25, -0.2) is 4.79 Å². The van der Waals surface area contributed by atoms with Gasteiger partial charge < -0.3 is 4.74 Å². The molecule has 104 valence electrons. The summed E-state index contributed by atoms with van der Waals surface area (Å²) in [4.78, 5) is 12.0. The number of carbonyl (C=O) groups excluding carboxylic acids is 1. The minimum absolute atomic E-state index is 0.345. The van der Waals surface area contributed by atoms with Gasteiger partial charge in [0.15, 0.2) is 0 Å². The lowest BCUT2D eigenvalue weighted by atomic mass is 9.99. The molecule has 0 fully saturated rings. The van der Waals surface area contributed by atoms with Gasteiger partial charge in [0.05, 0.1) is 10.0 Å². The highest BCUT2D eigenvalue weighted by atomic mass is 79.9. The van der Waals surface area contributed by atoms with E-state index in [1.54, 1.807) is 12.1 Å². The molecule has 1 unspecified atom stereocenters. The van der Waals surface area contributed by atoms with Gasteiger partial charge in [0.1, 0.15) is 5.75 Å². The number of ether oxygens (including phenoxy) is 1. The van der Waals surface area contributed by atoms with Crippen molar-refractivity contribution in [2.75, 3.05) is 0 Å². The molecule has 0 saturated heterocycles. The molecule has 0 aromatic heterocycles. The summed E-state index contributed by atoms with van der Waals surface area (Å²) < 4.78 is 6.22. The molecule has 0 aliphatic heterocycles. The Hall–Kier alpha value is -1.61. The molecule has 2 nitrogen and oxygen atoms in total. The van der Waals surface area contributed by atoms with E-state index in [1.165, 1.54) is 5.56 Å². The summed E-state index contributed by atoms with van der Waals surface area (Å²) in [6.45, 7) is 4.33. The first-order valence-corrected chi connectivity index (χ1v) is 7.47. The Labute approximate surface area is 127 Å². The molecule has 0 spiro atoms. The molecule has 0 aliphatic carbocycles. The molecule has 2 aromatic carbocycles. The predicted octanol–water partition coefficient (Wildman–Crippen LogP) is 5.18. The van der Waals surface area contributed by atoms with Gasteiger partial charge in [0.25, 0.3) is 0 Å². The van der Waals surface area contributed by atoms with E-state index in [1.807, 2.05) is 36.4 Å². The summed E-state index contributed by atoms with van der Waals surface area (Å²) in [5.41, 5.74) is 1.78. The maximum absolute atomic E-state index is 12.0. The van der Waals surface area contributed by atoms with Crippen LogP contribution in [0, 0.1) is 0 Å². The fourth-order valence-electron chi connectivity index (χ4n) is 1.88. The number of hydrogen-bond donors (Lipinski definition) is 0. The number of benzene rings is 2. The van der Waals surface area contributed by atoms with E-state index in [9.17, 15) is 4.79 Å². The highest BCUT2D eigenvalue weighted by Gasteiger charge is 2.12. The summed E-state index contributed by atoms with van der Waals surface area (Å²) in [6, 6.07) is 14.8. The van der Waals surface area contributed by atoms with Crippen LogP contribution in [0.3, 0.4) is 0 Å². The fraction of sp³-hybridized carbons (Fsp3) is 0.235. The molecule has 2 aromatic rings. The van der Waals surface area contributed by atoms with Crippen LogP contribution in [0.25, 0.3) is 0 Å². The van der Waals surface area contributed by atoms with E-state index in [0.29, 0.717) is 17.2 Å². The molecule has 0 bridgehead atoms. The molecule has 20 heavy (non-hydrogen) atoms. The zero-order valence-corrected chi connectivity index (χ0v) is 13.2. The van der Waals surface area contributed by atoms with Crippen LogP contribution in [-0.2, 0) is 0 Å². The maximum atomic E-state index is 12.0. The summed E-state index contributed by atoms with van der Waals surface area (Å²) in [6.07, 6.45) is 1.08. The Balaban J connectivity index is 2.16. The minimum atomic E-state index is -0.345. The number of halogens is 1. The van der Waals surface area contributed by atoms with Gasteiger partial charge in [-0.2, -0.15) is 0 Å². The van der Waals surface area contributed by atoms with Crippen molar-refractivity contribution in [1.82, 2.24) is 0 Å². The van der Waals surface area contributed by atoms with Crippen LogP contribution in [-0.4, -0.2) is 5.97 Å². The molecule has 0 N–H and O–H groups in total. The molecule has 2 rings (SSSR count). The number of rotatable bonds is 4. The predicted molar refractivity (Wildman–Crippen MR) is 84.2 cm³/mol. The molecular formula is C17H17BrO2. The van der Waals surface area contributed by atoms with E-state index in [0.717, 1.165) is 10.9 Å². The third kappa shape index (κ3) is 3.48. The van der Waals surface area contributed by atoms with Crippen molar-refractivity contribution in [2.45, 2.75) is 26.2 Å². The summed E-state index contributed by atoms with van der Waals surface area (Å²) in [5.74, 6) is 0.693. The second-order valence-electron chi connectivity index (χ2n) is 4.75. The first-order chi connectivity index (χ1) is 9.61. The van der Waals surface area contributed by atoms with E-state index in [-0.39, 0.29) is 5.97 Å². The Morgan fingerprint density at radius 3 is 2.50 bits per heavy atom. The lowest BCUT2D eigenvalue weighted by Crippen LogP contribution is -2.08. The normalized spacial score (nSPS) is 11.9. The van der Waals surface area contributed by atoms with Crippen molar-refractivity contribution < 1.29 is 9.53 Å². The third-order valence-corrected chi connectivity index (χ3v) is 3.97. The first-order valence-electron chi connectivity index (χ1n) is 6.68. The first kappa shape index (κ1) is 14.8. The summed E-state index contributed by atoms with van der Waals surface area (Å²) >= 11 is 3.47. The quantitative estimate of drug-likeness (QED) is 0.569. The Morgan fingerprint density at radius 2 is 1.90 bits per heavy atom. The highest BCUT2D eigenvalue weighted by Crippen LogP contribution is 2.30. The van der Waals surface area contributed by atoms with Gasteiger partial charge in [0, 0.05) is 0 Å². The second-order valence-corrected chi connectivity index (χ2v) is 5.61. The standard InChI is InChI=1S/C17H17BrO2/c1-3-12(2)14-9-10-16(15(18)11-14)20-17(19)13-7-5-4-6-8-13/h4-12H,3H2,1-2H3. The molecule has 3 heteroatoms. The van der Waals surface area contributed by atoms with E-state index < -0.39 is 0 Å². The zero-order chi connectivity index (χ0) is 14.5. The third-order valence-electron chi connectivity index (χ3n) is 3.35. The number of hydrogen-bond acceptors (Lipinski definition) is 2. The maximum Gasteiger partial charge on any atom is 0.343 e. The van der Waals surface area contributed by atoms with Gasteiger partial charge >= 0.3 is 5.97 Å². The van der Waals surface area contributed by atoms with Crippen molar-refractivity contribution in [3.05, 3.63) is 64.1 Å². The van der Waals surface area contributed by atoms with Gasteiger partial charge in [-0.3, -0.25) is 0 Å². The van der Waals surface area contributed by atoms with Gasteiger partial charge in [-0.1, -0.05) is 38.1 Å². The topological polar surface area (TPSA) is 26.3 Å². The van der Waals surface area contributed by atoms with E-state index in [2.05, 4.69) is 29.8 Å². The van der Waals surface area contributed by atoms with E-state index >= 15 is 0 Å². The second kappa shape index (κ2) is 6.71. The van der Waals surface area contributed by atoms with Crippen LogP contribution in [0.2, 0.25) is 0 Å². The smallest absolute Gasteiger partial charge is 0.343 e. The van der Waals surface area contributed by atoms with Crippen LogP contribution < -0.4 is 4.74 Å². The summed E-state index contributed by atoms with van der Waals surface area (Å²) in [7, 11) is 0. The Bertz CT molecular complexity index is 593. The highest BCUT2D eigenvalue weighted by molar-refractivity contribution is 9.10. The number of carbonyl (C=O) groups is 1. The number of esters is 1. The van der Waals surface area contributed by atoms with Gasteiger partial charge in [-0.15, -0.1) is 0 Å². The largest absolute Gasteiger partial charge is 0.422 e. The van der Waals surface area contributed by atoms with Crippen molar-refractivity contribution in [2.24, 2.45) is 0 Å². The average Bonchev–Trinajstić information content (AvgIpc) is 2.49. The SMILES string of the molecule is CCC(C)c1ccc(OC(=O)c2ccccc2)c(Br)c1. The Morgan fingerprint density at radius 1 is 1.20 bits per heavy atom. The lowest BCUT2D eigenvalue weighted by molar-refractivity contribution is 0.0733. The lowest BCUT2D eigenvalue weighted by Gasteiger charge is -2.12. The van der Waals surface area contributed by atoms with Gasteiger partial charge in [-0.05, 0) is 58.1 Å². The van der Waals surface area contributed by atoms with Crippen LogP contribution in [0.5, 0.6) is 5.75 Å². The minimum Gasteiger partial charge on any atom is -0.422 e. The average molecular weight is 333 g/mol. The molecule has 0 aliphatic rings. The van der Waals surface area contributed by atoms with Crippen molar-refractivity contribution in [3.63, 3.8) is 0 Å². The zero-order valence-electron chi connectivity index (χ0n) is 11.6. The van der Waals surface area contributed by atoms with Crippen LogP contribution in [0.4, 0.5) is 0 Å². The monoisotopic (exact) mass is 332 g/mol. The van der Waals surface area contributed by atoms with E-state index in [4.69, 9.17) is 4.74 Å². The van der Waals surface area contributed by atoms with Crippen molar-refractivity contribution >= 4 is 21.9 Å². The van der Waals surface area contributed by atoms with Gasteiger partial charge in [0.2, 0.25) is 0 Å². The van der Waals surface area contributed by atoms with Crippen LogP contribution in [0.15, 0.2) is 53.0 Å².